The number of H-pyrrole nitrogens is 1. The average molecular weight is 217 g/mol. The molecule has 1 aromatic heterocycles. The van der Waals surface area contributed by atoms with E-state index in [9.17, 15) is 4.79 Å². The van der Waals surface area contributed by atoms with E-state index in [2.05, 4.69) is 25.8 Å². The standard InChI is InChI=1S/C10H11N5O/c1-7-2-4-8(5-3-7)13-10(16)14-9-11-6-12-15-9/h2-6H,1H3,(H3,11,12,13,14,15,16). The number of rotatable bonds is 2. The first-order valence-corrected chi connectivity index (χ1v) is 4.74. The van der Waals surface area contributed by atoms with E-state index in [0.717, 1.165) is 11.3 Å². The van der Waals surface area contributed by atoms with Crippen LogP contribution in [0.2, 0.25) is 0 Å². The van der Waals surface area contributed by atoms with Gasteiger partial charge in [0.1, 0.15) is 6.33 Å². The Morgan fingerprint density at radius 1 is 1.25 bits per heavy atom. The lowest BCUT2D eigenvalue weighted by Gasteiger charge is -2.05. The van der Waals surface area contributed by atoms with Gasteiger partial charge < -0.3 is 5.32 Å². The predicted octanol–water partition coefficient (Wildman–Crippen LogP) is 1.76. The van der Waals surface area contributed by atoms with Crippen LogP contribution in [-0.4, -0.2) is 21.2 Å². The molecule has 0 spiro atoms. The van der Waals surface area contributed by atoms with Crippen LogP contribution in [0.3, 0.4) is 0 Å². The van der Waals surface area contributed by atoms with E-state index in [0.29, 0.717) is 5.95 Å². The van der Waals surface area contributed by atoms with E-state index in [-0.39, 0.29) is 6.03 Å². The summed E-state index contributed by atoms with van der Waals surface area (Å²) in [6.45, 7) is 1.98. The average Bonchev–Trinajstić information content (AvgIpc) is 2.74. The Balaban J connectivity index is 1.95. The summed E-state index contributed by atoms with van der Waals surface area (Å²) in [7, 11) is 0. The number of hydrogen-bond donors (Lipinski definition) is 3. The molecule has 16 heavy (non-hydrogen) atoms. The van der Waals surface area contributed by atoms with Gasteiger partial charge in [-0.2, -0.15) is 10.1 Å². The zero-order valence-corrected chi connectivity index (χ0v) is 8.69. The highest BCUT2D eigenvalue weighted by Crippen LogP contribution is 2.08. The number of nitrogens with one attached hydrogen (secondary N) is 3. The second kappa shape index (κ2) is 4.43. The smallest absolute Gasteiger partial charge is 0.308 e. The second-order valence-corrected chi connectivity index (χ2v) is 3.28. The van der Waals surface area contributed by atoms with Gasteiger partial charge in [0.2, 0.25) is 5.95 Å². The van der Waals surface area contributed by atoms with Gasteiger partial charge in [-0.3, -0.25) is 5.32 Å². The Morgan fingerprint density at radius 3 is 2.62 bits per heavy atom. The van der Waals surface area contributed by atoms with E-state index >= 15 is 0 Å². The van der Waals surface area contributed by atoms with Crippen molar-refractivity contribution in [3.63, 3.8) is 0 Å². The molecule has 3 N–H and O–H groups in total. The zero-order valence-electron chi connectivity index (χ0n) is 8.69. The molecule has 0 unspecified atom stereocenters. The van der Waals surface area contributed by atoms with Gasteiger partial charge in [-0.05, 0) is 19.1 Å². The molecule has 1 aromatic carbocycles. The highest BCUT2D eigenvalue weighted by molar-refractivity contribution is 5.98. The van der Waals surface area contributed by atoms with Crippen LogP contribution < -0.4 is 10.6 Å². The summed E-state index contributed by atoms with van der Waals surface area (Å²) in [5, 5.41) is 11.3. The quantitative estimate of drug-likeness (QED) is 0.716. The van der Waals surface area contributed by atoms with Crippen molar-refractivity contribution >= 4 is 17.7 Å². The number of aryl methyl sites for hydroxylation is 1. The SMILES string of the molecule is Cc1ccc(NC(=O)Nc2ncn[nH]2)cc1. The van der Waals surface area contributed by atoms with Gasteiger partial charge in [-0.1, -0.05) is 17.7 Å². The maximum absolute atomic E-state index is 11.5. The summed E-state index contributed by atoms with van der Waals surface area (Å²) in [6, 6.07) is 7.14. The van der Waals surface area contributed by atoms with Crippen molar-refractivity contribution in [3.05, 3.63) is 36.2 Å². The lowest BCUT2D eigenvalue weighted by atomic mass is 10.2. The van der Waals surface area contributed by atoms with Gasteiger partial charge >= 0.3 is 6.03 Å². The number of amides is 2. The molecular formula is C10H11N5O. The fraction of sp³-hybridized carbons (Fsp3) is 0.100. The number of urea groups is 1. The molecule has 0 saturated heterocycles. The van der Waals surface area contributed by atoms with Crippen LogP contribution in [0.5, 0.6) is 0 Å². The van der Waals surface area contributed by atoms with Crippen molar-refractivity contribution in [3.8, 4) is 0 Å². The van der Waals surface area contributed by atoms with Crippen LogP contribution in [0.1, 0.15) is 5.56 Å². The first-order chi connectivity index (χ1) is 7.74. The normalized spacial score (nSPS) is 9.81. The summed E-state index contributed by atoms with van der Waals surface area (Å²) < 4.78 is 0. The fourth-order valence-corrected chi connectivity index (χ4v) is 1.17. The van der Waals surface area contributed by atoms with E-state index < -0.39 is 0 Å². The first-order valence-electron chi connectivity index (χ1n) is 4.74. The lowest BCUT2D eigenvalue weighted by molar-refractivity contribution is 0.262. The molecule has 0 atom stereocenters. The van der Waals surface area contributed by atoms with Gasteiger partial charge in [-0.25, -0.2) is 9.89 Å². The van der Waals surface area contributed by atoms with Gasteiger partial charge in [0.25, 0.3) is 0 Å². The fourth-order valence-electron chi connectivity index (χ4n) is 1.17. The third-order valence-corrected chi connectivity index (χ3v) is 1.96. The Morgan fingerprint density at radius 2 is 2.00 bits per heavy atom. The molecule has 2 amide bonds. The number of nitrogens with zero attached hydrogens (tertiary/aromatic N) is 2. The summed E-state index contributed by atoms with van der Waals surface area (Å²) >= 11 is 0. The van der Waals surface area contributed by atoms with E-state index in [1.165, 1.54) is 6.33 Å². The summed E-state index contributed by atoms with van der Waals surface area (Å²) in [5.74, 6) is 0.310. The molecule has 6 heteroatoms. The van der Waals surface area contributed by atoms with Crippen LogP contribution >= 0.6 is 0 Å². The van der Waals surface area contributed by atoms with E-state index in [1.54, 1.807) is 0 Å². The summed E-state index contributed by atoms with van der Waals surface area (Å²) in [4.78, 5) is 15.2. The molecule has 0 aliphatic rings. The molecule has 0 saturated carbocycles. The second-order valence-electron chi connectivity index (χ2n) is 3.28. The minimum absolute atomic E-state index is 0.310. The lowest BCUT2D eigenvalue weighted by Crippen LogP contribution is -2.20. The highest BCUT2D eigenvalue weighted by Gasteiger charge is 2.03. The number of hydrogen-bond acceptors (Lipinski definition) is 3. The number of aromatic amines is 1. The Bertz CT molecular complexity index is 462. The first kappa shape index (κ1) is 10.2. The molecule has 82 valence electrons. The molecule has 0 aliphatic heterocycles. The number of carbonyl (C=O) groups excluding carboxylic acids is 1. The molecule has 2 rings (SSSR count). The Hall–Kier alpha value is -2.37. The van der Waals surface area contributed by atoms with Crippen LogP contribution in [0, 0.1) is 6.92 Å². The number of anilines is 2. The van der Waals surface area contributed by atoms with Crippen LogP contribution in [0.4, 0.5) is 16.4 Å². The van der Waals surface area contributed by atoms with Crippen molar-refractivity contribution in [2.75, 3.05) is 10.6 Å². The minimum Gasteiger partial charge on any atom is -0.308 e. The molecule has 6 nitrogen and oxygen atoms in total. The van der Waals surface area contributed by atoms with Crippen molar-refractivity contribution in [2.24, 2.45) is 0 Å². The molecule has 0 aliphatic carbocycles. The maximum Gasteiger partial charge on any atom is 0.326 e. The number of benzene rings is 1. The molecular weight excluding hydrogens is 206 g/mol. The van der Waals surface area contributed by atoms with Gasteiger partial charge in [0.05, 0.1) is 0 Å². The van der Waals surface area contributed by atoms with E-state index in [4.69, 9.17) is 0 Å². The predicted molar refractivity (Wildman–Crippen MR) is 60.2 cm³/mol. The summed E-state index contributed by atoms with van der Waals surface area (Å²) in [5.41, 5.74) is 1.86. The number of aromatic nitrogens is 3. The van der Waals surface area contributed by atoms with Gasteiger partial charge in [0.15, 0.2) is 0 Å². The van der Waals surface area contributed by atoms with Gasteiger partial charge in [0, 0.05) is 5.69 Å². The molecule has 1 heterocycles. The molecule has 0 bridgehead atoms. The third kappa shape index (κ3) is 2.57. The maximum atomic E-state index is 11.5. The van der Waals surface area contributed by atoms with Gasteiger partial charge in [-0.15, -0.1) is 0 Å². The third-order valence-electron chi connectivity index (χ3n) is 1.96. The van der Waals surface area contributed by atoms with E-state index in [1.807, 2.05) is 31.2 Å². The Kier molecular flexibility index (Phi) is 2.81. The van der Waals surface area contributed by atoms with Crippen molar-refractivity contribution in [2.45, 2.75) is 6.92 Å². The topological polar surface area (TPSA) is 82.7 Å². The van der Waals surface area contributed by atoms with Crippen LogP contribution in [0.25, 0.3) is 0 Å². The van der Waals surface area contributed by atoms with Crippen molar-refractivity contribution in [1.29, 1.82) is 0 Å². The molecule has 2 aromatic rings. The summed E-state index contributed by atoms with van der Waals surface area (Å²) in [6.07, 6.45) is 1.32. The van der Waals surface area contributed by atoms with Crippen LogP contribution in [0.15, 0.2) is 30.6 Å². The van der Waals surface area contributed by atoms with Crippen LogP contribution in [-0.2, 0) is 0 Å². The van der Waals surface area contributed by atoms with Crippen molar-refractivity contribution < 1.29 is 4.79 Å². The monoisotopic (exact) mass is 217 g/mol. The zero-order chi connectivity index (χ0) is 11.4. The largest absolute Gasteiger partial charge is 0.326 e. The highest BCUT2D eigenvalue weighted by atomic mass is 16.2. The number of carbonyl (C=O) groups is 1. The molecule has 0 radical (unpaired) electrons. The van der Waals surface area contributed by atoms with Crippen molar-refractivity contribution in [1.82, 2.24) is 15.2 Å². The minimum atomic E-state index is -0.361. The molecule has 0 fully saturated rings. The Labute approximate surface area is 92.1 Å².